The summed E-state index contributed by atoms with van der Waals surface area (Å²) in [5.74, 6) is 0.0619. The molecule has 1 aliphatic heterocycles. The summed E-state index contributed by atoms with van der Waals surface area (Å²) < 4.78 is 6.94. The molecule has 2 amide bonds. The summed E-state index contributed by atoms with van der Waals surface area (Å²) in [5.41, 5.74) is 5.05. The highest BCUT2D eigenvalue weighted by Gasteiger charge is 2.24. The maximum Gasteiger partial charge on any atom is 0.254 e. The van der Waals surface area contributed by atoms with E-state index in [9.17, 15) is 9.59 Å². The minimum Gasteiger partial charge on any atom is -0.385 e. The van der Waals surface area contributed by atoms with Gasteiger partial charge in [0.05, 0.1) is 17.6 Å². The average Bonchev–Trinajstić information content (AvgIpc) is 3.04. The predicted molar refractivity (Wildman–Crippen MR) is 149 cm³/mol. The first-order chi connectivity index (χ1) is 18.0. The van der Waals surface area contributed by atoms with Crippen LogP contribution in [0, 0.1) is 6.92 Å². The summed E-state index contributed by atoms with van der Waals surface area (Å²) in [6, 6.07) is 3.87. The Hall–Kier alpha value is -2.71. The summed E-state index contributed by atoms with van der Waals surface area (Å²) >= 11 is 0. The van der Waals surface area contributed by atoms with Gasteiger partial charge >= 0.3 is 0 Å². The zero-order chi connectivity index (χ0) is 26.6. The molecule has 1 aromatic carbocycles. The molecule has 0 unspecified atom stereocenters. The Morgan fingerprint density at radius 3 is 2.43 bits per heavy atom. The van der Waals surface area contributed by atoms with Gasteiger partial charge in [0, 0.05) is 51.5 Å². The lowest BCUT2D eigenvalue weighted by atomic mass is 9.96. The zero-order valence-electron chi connectivity index (χ0n) is 23.2. The van der Waals surface area contributed by atoms with Gasteiger partial charge in [-0.3, -0.25) is 14.3 Å². The molecule has 0 spiro atoms. The van der Waals surface area contributed by atoms with Crippen LogP contribution < -0.4 is 5.32 Å². The average molecular weight is 512 g/mol. The third-order valence-electron chi connectivity index (χ3n) is 7.39. The molecule has 0 atom stereocenters. The van der Waals surface area contributed by atoms with Gasteiger partial charge in [-0.05, 0) is 69.0 Å². The maximum absolute atomic E-state index is 13.7. The molecule has 0 bridgehead atoms. The molecule has 1 saturated carbocycles. The van der Waals surface area contributed by atoms with E-state index in [4.69, 9.17) is 4.74 Å². The van der Waals surface area contributed by atoms with E-state index in [1.54, 1.807) is 18.0 Å². The molecule has 0 radical (unpaired) electrons. The lowest BCUT2D eigenvalue weighted by molar-refractivity contribution is -0.105. The van der Waals surface area contributed by atoms with Crippen LogP contribution in [0.2, 0.25) is 0 Å². The second kappa shape index (κ2) is 14.9. The largest absolute Gasteiger partial charge is 0.385 e. The van der Waals surface area contributed by atoms with Crippen molar-refractivity contribution >= 4 is 18.0 Å². The minimum absolute atomic E-state index is 0.0619. The standard InChI is InChI=1S/C25H37N5O3.C4H8/c1-5-20-15-23(26-18-31)22(24-19(2)17-27-28(24)3)16-21(20)25(32)30-11-8-10-29(12-13-30)9-6-7-14-33-4;1-2-4-3-1/h15-18H,5-14H2,1-4H3,(H,26,31);1-4H2. The van der Waals surface area contributed by atoms with Gasteiger partial charge in [0.25, 0.3) is 5.91 Å². The van der Waals surface area contributed by atoms with E-state index < -0.39 is 0 Å². The molecule has 204 valence electrons. The number of aryl methyl sites for hydroxylation is 3. The smallest absolute Gasteiger partial charge is 0.254 e. The molecular weight excluding hydrogens is 466 g/mol. The Labute approximate surface area is 222 Å². The van der Waals surface area contributed by atoms with Gasteiger partial charge in [-0.2, -0.15) is 5.10 Å². The number of carbonyl (C=O) groups excluding carboxylic acids is 2. The van der Waals surface area contributed by atoms with Crippen molar-refractivity contribution in [3.63, 3.8) is 0 Å². The van der Waals surface area contributed by atoms with E-state index in [1.165, 1.54) is 25.7 Å². The van der Waals surface area contributed by atoms with Crippen molar-refractivity contribution in [1.29, 1.82) is 0 Å². The highest BCUT2D eigenvalue weighted by molar-refractivity contribution is 5.99. The van der Waals surface area contributed by atoms with Crippen molar-refractivity contribution in [3.05, 3.63) is 35.0 Å². The molecule has 1 N–H and O–H groups in total. The topological polar surface area (TPSA) is 79.7 Å². The number of ether oxygens (including phenoxy) is 1. The molecule has 2 heterocycles. The predicted octanol–water partition coefficient (Wildman–Crippen LogP) is 4.66. The lowest BCUT2D eigenvalue weighted by Gasteiger charge is -2.24. The molecule has 37 heavy (non-hydrogen) atoms. The lowest BCUT2D eigenvalue weighted by Crippen LogP contribution is -2.36. The Balaban J connectivity index is 0.000000865. The van der Waals surface area contributed by atoms with Crippen LogP contribution in [-0.4, -0.2) is 78.3 Å². The molecule has 1 saturated heterocycles. The summed E-state index contributed by atoms with van der Waals surface area (Å²) in [5, 5.41) is 7.17. The van der Waals surface area contributed by atoms with Crippen LogP contribution in [0.3, 0.4) is 0 Å². The number of rotatable bonds is 10. The molecule has 2 aliphatic rings. The van der Waals surface area contributed by atoms with Crippen molar-refractivity contribution < 1.29 is 14.3 Å². The Morgan fingerprint density at radius 1 is 1.08 bits per heavy atom. The van der Waals surface area contributed by atoms with Crippen LogP contribution in [0.5, 0.6) is 0 Å². The monoisotopic (exact) mass is 511 g/mol. The van der Waals surface area contributed by atoms with Gasteiger partial charge in [-0.25, -0.2) is 0 Å². The van der Waals surface area contributed by atoms with Crippen molar-refractivity contribution in [2.24, 2.45) is 7.05 Å². The Morgan fingerprint density at radius 2 is 1.84 bits per heavy atom. The third kappa shape index (κ3) is 7.89. The molecule has 2 fully saturated rings. The van der Waals surface area contributed by atoms with Gasteiger partial charge < -0.3 is 19.9 Å². The maximum atomic E-state index is 13.7. The number of benzene rings is 1. The van der Waals surface area contributed by atoms with E-state index in [0.29, 0.717) is 24.1 Å². The highest BCUT2D eigenvalue weighted by atomic mass is 16.5. The van der Waals surface area contributed by atoms with E-state index in [2.05, 4.69) is 15.3 Å². The van der Waals surface area contributed by atoms with Gasteiger partial charge in [0.2, 0.25) is 6.41 Å². The molecule has 8 nitrogen and oxygen atoms in total. The number of unbranched alkanes of at least 4 members (excludes halogenated alkanes) is 1. The van der Waals surface area contributed by atoms with E-state index >= 15 is 0 Å². The highest BCUT2D eigenvalue weighted by Crippen LogP contribution is 2.33. The van der Waals surface area contributed by atoms with Crippen molar-refractivity contribution in [2.45, 2.75) is 65.2 Å². The third-order valence-corrected chi connectivity index (χ3v) is 7.39. The van der Waals surface area contributed by atoms with E-state index in [0.717, 1.165) is 81.0 Å². The molecule has 4 rings (SSSR count). The van der Waals surface area contributed by atoms with Crippen LogP contribution >= 0.6 is 0 Å². The normalized spacial score (nSPS) is 15.8. The van der Waals surface area contributed by atoms with Crippen molar-refractivity contribution in [2.75, 3.05) is 51.8 Å². The Bertz CT molecular complexity index is 992. The summed E-state index contributed by atoms with van der Waals surface area (Å²) in [4.78, 5) is 29.4. The molecule has 2 aromatic rings. The van der Waals surface area contributed by atoms with Gasteiger partial charge in [-0.15, -0.1) is 0 Å². The number of hydrogen-bond acceptors (Lipinski definition) is 5. The summed E-state index contributed by atoms with van der Waals surface area (Å²) in [6.07, 6.45) is 12.3. The first kappa shape index (κ1) is 28.9. The number of carbonyl (C=O) groups is 2. The number of amides is 2. The summed E-state index contributed by atoms with van der Waals surface area (Å²) in [6.45, 7) is 9.24. The fourth-order valence-corrected chi connectivity index (χ4v) is 4.85. The van der Waals surface area contributed by atoms with Crippen LogP contribution in [0.15, 0.2) is 18.3 Å². The molecular formula is C29H45N5O3. The fraction of sp³-hybridized carbons (Fsp3) is 0.621. The fourth-order valence-electron chi connectivity index (χ4n) is 4.85. The minimum atomic E-state index is 0.0619. The number of anilines is 1. The summed E-state index contributed by atoms with van der Waals surface area (Å²) in [7, 11) is 3.61. The van der Waals surface area contributed by atoms with Crippen molar-refractivity contribution in [3.8, 4) is 11.3 Å². The van der Waals surface area contributed by atoms with Crippen LogP contribution in [0.25, 0.3) is 11.3 Å². The zero-order valence-corrected chi connectivity index (χ0v) is 23.2. The Kier molecular flexibility index (Phi) is 11.6. The van der Waals surface area contributed by atoms with Crippen LogP contribution in [0.4, 0.5) is 5.69 Å². The number of aromatic nitrogens is 2. The van der Waals surface area contributed by atoms with Gasteiger partial charge in [0.15, 0.2) is 0 Å². The van der Waals surface area contributed by atoms with Crippen molar-refractivity contribution in [1.82, 2.24) is 19.6 Å². The first-order valence-corrected chi connectivity index (χ1v) is 13.9. The molecule has 1 aromatic heterocycles. The van der Waals surface area contributed by atoms with Crippen LogP contribution in [0.1, 0.15) is 73.4 Å². The number of methoxy groups -OCH3 is 1. The first-order valence-electron chi connectivity index (χ1n) is 13.9. The second-order valence-corrected chi connectivity index (χ2v) is 10.1. The second-order valence-electron chi connectivity index (χ2n) is 10.1. The molecule has 8 heteroatoms. The number of hydrogen-bond donors (Lipinski definition) is 1. The van der Waals surface area contributed by atoms with Crippen LogP contribution in [-0.2, 0) is 23.0 Å². The number of nitrogens with one attached hydrogen (secondary N) is 1. The van der Waals surface area contributed by atoms with Gasteiger partial charge in [0.1, 0.15) is 0 Å². The number of nitrogens with zero attached hydrogens (tertiary/aromatic N) is 4. The molecule has 1 aliphatic carbocycles. The SMILES string of the molecule is C1CCC1.CCc1cc(NC=O)c(-c2c(C)cnn2C)cc1C(=O)N1CCCN(CCCCOC)CC1. The van der Waals surface area contributed by atoms with E-state index in [1.807, 2.05) is 37.9 Å². The quantitative estimate of drug-likeness (QED) is 0.371. The van der Waals surface area contributed by atoms with Gasteiger partial charge in [-0.1, -0.05) is 32.6 Å². The van der Waals surface area contributed by atoms with E-state index in [-0.39, 0.29) is 5.91 Å².